The summed E-state index contributed by atoms with van der Waals surface area (Å²) in [5.74, 6) is 0.0236. The molecule has 0 radical (unpaired) electrons. The Bertz CT molecular complexity index is 725. The lowest BCUT2D eigenvalue weighted by Gasteiger charge is -2.03. The van der Waals surface area contributed by atoms with E-state index in [1.807, 2.05) is 11.6 Å². The number of benzene rings is 2. The summed E-state index contributed by atoms with van der Waals surface area (Å²) in [4.78, 5) is 0. The van der Waals surface area contributed by atoms with Crippen LogP contribution in [0, 0.1) is 0 Å². The predicted molar refractivity (Wildman–Crippen MR) is 72.6 cm³/mol. The summed E-state index contributed by atoms with van der Waals surface area (Å²) in [6, 6.07) is 6.65. The predicted octanol–water partition coefficient (Wildman–Crippen LogP) is 1.91. The van der Waals surface area contributed by atoms with Gasteiger partial charge in [0.2, 0.25) is 0 Å². The molecule has 0 spiro atoms. The van der Waals surface area contributed by atoms with E-state index in [4.69, 9.17) is 11.5 Å². The molecule has 18 heavy (non-hydrogen) atoms. The molecule has 5 heteroatoms. The fraction of sp³-hybridized carbons (Fsp3) is 0.0769. The van der Waals surface area contributed by atoms with Gasteiger partial charge in [-0.05, 0) is 24.3 Å². The van der Waals surface area contributed by atoms with Crippen LogP contribution in [-0.4, -0.2) is 14.8 Å². The second-order valence-electron chi connectivity index (χ2n) is 4.34. The lowest BCUT2D eigenvalue weighted by atomic mass is 10.1. The molecule has 0 unspecified atom stereocenters. The van der Waals surface area contributed by atoms with E-state index < -0.39 is 0 Å². The van der Waals surface area contributed by atoms with Gasteiger partial charge >= 0.3 is 0 Å². The largest absolute Gasteiger partial charge is 0.506 e. The number of phenols is 2. The Morgan fingerprint density at radius 3 is 1.61 bits per heavy atom. The molecule has 0 saturated heterocycles. The highest BCUT2D eigenvalue weighted by Gasteiger charge is 2.16. The maximum Gasteiger partial charge on any atom is 0.139 e. The van der Waals surface area contributed by atoms with Crippen molar-refractivity contribution in [1.82, 2.24) is 4.57 Å². The third kappa shape index (κ3) is 1.10. The van der Waals surface area contributed by atoms with Crippen molar-refractivity contribution < 1.29 is 10.2 Å². The molecular weight excluding hydrogens is 230 g/mol. The average molecular weight is 243 g/mol. The Morgan fingerprint density at radius 2 is 1.22 bits per heavy atom. The van der Waals surface area contributed by atoms with Gasteiger partial charge in [-0.2, -0.15) is 0 Å². The number of aryl methyl sites for hydroxylation is 1. The fourth-order valence-corrected chi connectivity index (χ4v) is 2.41. The topological polar surface area (TPSA) is 97.4 Å². The third-order valence-corrected chi connectivity index (χ3v) is 3.37. The van der Waals surface area contributed by atoms with E-state index in [0.29, 0.717) is 10.8 Å². The van der Waals surface area contributed by atoms with Crippen LogP contribution in [-0.2, 0) is 7.05 Å². The SMILES string of the molecule is Cn1c2ccc(O)c(N)c2c2c(N)c(O)ccc21. The van der Waals surface area contributed by atoms with E-state index in [1.165, 1.54) is 0 Å². The number of fused-ring (bicyclic) bond motifs is 3. The smallest absolute Gasteiger partial charge is 0.139 e. The number of aromatic hydroxyl groups is 2. The number of hydrogen-bond donors (Lipinski definition) is 4. The zero-order valence-corrected chi connectivity index (χ0v) is 9.81. The molecule has 2 aromatic carbocycles. The number of phenolic OH excluding ortho intramolecular Hbond substituents is 2. The lowest BCUT2D eigenvalue weighted by molar-refractivity contribution is 0.478. The van der Waals surface area contributed by atoms with Crippen molar-refractivity contribution in [3.8, 4) is 11.5 Å². The van der Waals surface area contributed by atoms with Crippen molar-refractivity contribution in [3.63, 3.8) is 0 Å². The second-order valence-corrected chi connectivity index (χ2v) is 4.34. The number of nitrogen functional groups attached to an aromatic ring is 2. The van der Waals surface area contributed by atoms with Crippen LogP contribution in [0.3, 0.4) is 0 Å². The number of aromatic nitrogens is 1. The van der Waals surface area contributed by atoms with Crippen LogP contribution in [0.5, 0.6) is 11.5 Å². The number of rotatable bonds is 0. The first-order valence-corrected chi connectivity index (χ1v) is 5.49. The van der Waals surface area contributed by atoms with Crippen LogP contribution in [0.2, 0.25) is 0 Å². The van der Waals surface area contributed by atoms with Crippen LogP contribution in [0.25, 0.3) is 21.8 Å². The fourth-order valence-electron chi connectivity index (χ4n) is 2.41. The van der Waals surface area contributed by atoms with Crippen molar-refractivity contribution >= 4 is 33.2 Å². The Morgan fingerprint density at radius 1 is 0.833 bits per heavy atom. The first-order chi connectivity index (χ1) is 8.52. The lowest BCUT2D eigenvalue weighted by Crippen LogP contribution is -1.89. The summed E-state index contributed by atoms with van der Waals surface area (Å²) in [6.45, 7) is 0. The monoisotopic (exact) mass is 243 g/mol. The van der Waals surface area contributed by atoms with Crippen LogP contribution in [0.4, 0.5) is 11.4 Å². The molecule has 3 aromatic rings. The van der Waals surface area contributed by atoms with Gasteiger partial charge in [0.15, 0.2) is 0 Å². The molecule has 0 aliphatic heterocycles. The first kappa shape index (κ1) is 10.6. The molecule has 0 bridgehead atoms. The number of anilines is 2. The molecule has 0 saturated carbocycles. The Balaban J connectivity index is 2.71. The van der Waals surface area contributed by atoms with Gasteiger partial charge < -0.3 is 26.2 Å². The minimum atomic E-state index is 0.0118. The van der Waals surface area contributed by atoms with E-state index >= 15 is 0 Å². The number of hydrogen-bond acceptors (Lipinski definition) is 4. The maximum absolute atomic E-state index is 9.71. The molecule has 0 atom stereocenters. The molecule has 0 fully saturated rings. The molecular formula is C13H13N3O2. The minimum Gasteiger partial charge on any atom is -0.506 e. The molecule has 6 N–H and O–H groups in total. The zero-order chi connectivity index (χ0) is 13.0. The van der Waals surface area contributed by atoms with Gasteiger partial charge in [-0.1, -0.05) is 0 Å². The van der Waals surface area contributed by atoms with Crippen LogP contribution >= 0.6 is 0 Å². The van der Waals surface area contributed by atoms with Crippen LogP contribution < -0.4 is 11.5 Å². The molecule has 0 aliphatic carbocycles. The summed E-state index contributed by atoms with van der Waals surface area (Å²) in [5.41, 5.74) is 14.1. The van der Waals surface area contributed by atoms with E-state index in [-0.39, 0.29) is 22.9 Å². The summed E-state index contributed by atoms with van der Waals surface area (Å²) >= 11 is 0. The van der Waals surface area contributed by atoms with Gasteiger partial charge in [0.25, 0.3) is 0 Å². The molecule has 5 nitrogen and oxygen atoms in total. The van der Waals surface area contributed by atoms with Gasteiger partial charge in [0, 0.05) is 17.8 Å². The van der Waals surface area contributed by atoms with Crippen molar-refractivity contribution in [2.75, 3.05) is 11.5 Å². The summed E-state index contributed by atoms with van der Waals surface area (Å²) in [6.07, 6.45) is 0. The van der Waals surface area contributed by atoms with Gasteiger partial charge in [-0.15, -0.1) is 0 Å². The van der Waals surface area contributed by atoms with Crippen molar-refractivity contribution in [1.29, 1.82) is 0 Å². The van der Waals surface area contributed by atoms with Crippen LogP contribution in [0.1, 0.15) is 0 Å². The number of nitrogens with zero attached hydrogens (tertiary/aromatic N) is 1. The van der Waals surface area contributed by atoms with Crippen molar-refractivity contribution in [2.45, 2.75) is 0 Å². The third-order valence-electron chi connectivity index (χ3n) is 3.37. The summed E-state index contributed by atoms with van der Waals surface area (Å²) < 4.78 is 1.93. The van der Waals surface area contributed by atoms with Gasteiger partial charge in [-0.25, -0.2) is 0 Å². The standard InChI is InChI=1S/C13H13N3O2/c1-16-6-2-4-8(17)12(14)10(6)11-7(16)3-5-9(18)13(11)15/h2-5,17-18H,14-15H2,1H3. The summed E-state index contributed by atoms with van der Waals surface area (Å²) in [5, 5.41) is 20.8. The second kappa shape index (κ2) is 3.22. The molecule has 3 rings (SSSR count). The average Bonchev–Trinajstić information content (AvgIpc) is 2.64. The normalized spacial score (nSPS) is 11.4. The van der Waals surface area contributed by atoms with Gasteiger partial charge in [0.05, 0.1) is 22.4 Å². The van der Waals surface area contributed by atoms with E-state index in [1.54, 1.807) is 24.3 Å². The maximum atomic E-state index is 9.71. The van der Waals surface area contributed by atoms with E-state index in [0.717, 1.165) is 11.0 Å². The molecule has 0 amide bonds. The molecule has 92 valence electrons. The molecule has 1 heterocycles. The van der Waals surface area contributed by atoms with E-state index in [2.05, 4.69) is 0 Å². The number of nitrogens with two attached hydrogens (primary N) is 2. The zero-order valence-electron chi connectivity index (χ0n) is 9.81. The quantitative estimate of drug-likeness (QED) is 0.358. The van der Waals surface area contributed by atoms with E-state index in [9.17, 15) is 10.2 Å². The van der Waals surface area contributed by atoms with Crippen molar-refractivity contribution in [3.05, 3.63) is 24.3 Å². The first-order valence-electron chi connectivity index (χ1n) is 5.49. The Kier molecular flexibility index (Phi) is 1.90. The Hall–Kier alpha value is -2.56. The van der Waals surface area contributed by atoms with Crippen molar-refractivity contribution in [2.24, 2.45) is 7.05 Å². The highest BCUT2D eigenvalue weighted by Crippen LogP contribution is 2.41. The molecule has 1 aromatic heterocycles. The van der Waals surface area contributed by atoms with Crippen LogP contribution in [0.15, 0.2) is 24.3 Å². The highest BCUT2D eigenvalue weighted by atomic mass is 16.3. The van der Waals surface area contributed by atoms with Gasteiger partial charge in [-0.3, -0.25) is 0 Å². The Labute approximate surface area is 103 Å². The molecule has 0 aliphatic rings. The minimum absolute atomic E-state index is 0.0118. The summed E-state index contributed by atoms with van der Waals surface area (Å²) in [7, 11) is 1.89. The van der Waals surface area contributed by atoms with Gasteiger partial charge in [0.1, 0.15) is 11.5 Å². The highest BCUT2D eigenvalue weighted by molar-refractivity contribution is 6.19.